The van der Waals surface area contributed by atoms with E-state index >= 15 is 0 Å². The molecule has 4 nitrogen and oxygen atoms in total. The number of rotatable bonds is 7. The summed E-state index contributed by atoms with van der Waals surface area (Å²) >= 11 is 0. The van der Waals surface area contributed by atoms with E-state index in [1.54, 1.807) is 13.8 Å². The molecule has 0 saturated carbocycles. The van der Waals surface area contributed by atoms with Crippen molar-refractivity contribution in [3.05, 3.63) is 0 Å². The molecule has 0 rings (SSSR count). The molecule has 0 bridgehead atoms. The summed E-state index contributed by atoms with van der Waals surface area (Å²) in [6.07, 6.45) is -0.654. The summed E-state index contributed by atoms with van der Waals surface area (Å²) < 4.78 is 10.5. The zero-order valence-electron chi connectivity index (χ0n) is 11.3. The van der Waals surface area contributed by atoms with Gasteiger partial charge in [0.2, 0.25) is 0 Å². The summed E-state index contributed by atoms with van der Waals surface area (Å²) in [6.45, 7) is 6.10. The topological polar surface area (TPSA) is 58.9 Å². The van der Waals surface area contributed by atoms with Crippen LogP contribution < -0.4 is 0 Å². The van der Waals surface area contributed by atoms with E-state index in [4.69, 9.17) is 19.7 Å². The first-order valence-corrected chi connectivity index (χ1v) is 4.58. The second-order valence-electron chi connectivity index (χ2n) is 3.32. The summed E-state index contributed by atoms with van der Waals surface area (Å²) in [6, 6.07) is 0. The van der Waals surface area contributed by atoms with Crippen molar-refractivity contribution in [3.8, 4) is 0 Å². The molecule has 5 heteroatoms. The molecule has 84 valence electrons. The molecule has 0 aromatic carbocycles. The van der Waals surface area contributed by atoms with E-state index in [1.807, 2.05) is 6.92 Å². The molecule has 0 amide bonds. The number of ether oxygens (including phenoxy) is 2. The Morgan fingerprint density at radius 1 is 1.07 bits per heavy atom. The molecule has 3 unspecified atom stereocenters. The minimum atomic E-state index is -0.447. The standard InChI is InChI=1S/C9H20O4.Mg.2H/c1-7(11)5-12-9(3)6-13-8(2)4-10;;;/h7-11H,4-6H2,1-3H3;;;/q;+2;2*-1. The summed E-state index contributed by atoms with van der Waals surface area (Å²) in [4.78, 5) is 0. The predicted molar refractivity (Wildman–Crippen MR) is 57.6 cm³/mol. The average Bonchev–Trinajstić information content (AvgIpc) is 2.10. The normalized spacial score (nSPS) is 16.9. The van der Waals surface area contributed by atoms with Gasteiger partial charge >= 0.3 is 23.1 Å². The number of aliphatic hydroxyl groups is 2. The summed E-state index contributed by atoms with van der Waals surface area (Å²) in [5.41, 5.74) is 0. The van der Waals surface area contributed by atoms with Crippen LogP contribution in [0.3, 0.4) is 0 Å². The molecular formula is C9H22MgO4. The Balaban J connectivity index is -0.000000240. The van der Waals surface area contributed by atoms with Crippen molar-refractivity contribution in [1.82, 2.24) is 0 Å². The van der Waals surface area contributed by atoms with Gasteiger partial charge < -0.3 is 22.5 Å². The third-order valence-electron chi connectivity index (χ3n) is 1.49. The minimum absolute atomic E-state index is 0. The molecule has 0 aliphatic carbocycles. The van der Waals surface area contributed by atoms with Crippen LogP contribution in [0.1, 0.15) is 23.6 Å². The fourth-order valence-corrected chi connectivity index (χ4v) is 0.704. The molecule has 0 saturated heterocycles. The van der Waals surface area contributed by atoms with Gasteiger partial charge in [0, 0.05) is 0 Å². The van der Waals surface area contributed by atoms with Gasteiger partial charge in [-0.3, -0.25) is 0 Å². The van der Waals surface area contributed by atoms with Crippen LogP contribution in [0.2, 0.25) is 0 Å². The Kier molecular flexibility index (Phi) is 12.3. The van der Waals surface area contributed by atoms with Crippen molar-refractivity contribution in [2.75, 3.05) is 19.8 Å². The van der Waals surface area contributed by atoms with E-state index in [0.29, 0.717) is 13.2 Å². The molecule has 3 atom stereocenters. The molecular weight excluding hydrogens is 196 g/mol. The van der Waals surface area contributed by atoms with Crippen molar-refractivity contribution < 1.29 is 22.5 Å². The summed E-state index contributed by atoms with van der Waals surface area (Å²) in [5, 5.41) is 17.6. The molecule has 14 heavy (non-hydrogen) atoms. The van der Waals surface area contributed by atoms with Crippen LogP contribution in [0.4, 0.5) is 0 Å². The van der Waals surface area contributed by atoms with Gasteiger partial charge in [-0.05, 0) is 20.8 Å². The van der Waals surface area contributed by atoms with E-state index in [0.717, 1.165) is 0 Å². The Bertz CT molecular complexity index is 130. The average molecular weight is 219 g/mol. The third-order valence-corrected chi connectivity index (χ3v) is 1.49. The van der Waals surface area contributed by atoms with Crippen LogP contribution in [0.25, 0.3) is 0 Å². The maximum absolute atomic E-state index is 8.92. The SMILES string of the molecule is CC(O)COC(C)COC(C)CO.[H-].[H-].[Mg+2]. The van der Waals surface area contributed by atoms with Crippen LogP contribution in [0.5, 0.6) is 0 Å². The van der Waals surface area contributed by atoms with Crippen molar-refractivity contribution >= 4 is 23.1 Å². The van der Waals surface area contributed by atoms with Gasteiger partial charge in [-0.25, -0.2) is 0 Å². The number of hydrogen-bond acceptors (Lipinski definition) is 4. The first-order chi connectivity index (χ1) is 6.06. The van der Waals surface area contributed by atoms with E-state index < -0.39 is 6.10 Å². The molecule has 2 N–H and O–H groups in total. The molecule has 0 spiro atoms. The number of aliphatic hydroxyl groups excluding tert-OH is 2. The van der Waals surface area contributed by atoms with E-state index in [9.17, 15) is 0 Å². The van der Waals surface area contributed by atoms with Crippen LogP contribution >= 0.6 is 0 Å². The second kappa shape index (κ2) is 10.1. The van der Waals surface area contributed by atoms with Gasteiger partial charge in [0.15, 0.2) is 0 Å². The van der Waals surface area contributed by atoms with Gasteiger partial charge in [-0.1, -0.05) is 0 Å². The second-order valence-corrected chi connectivity index (χ2v) is 3.32. The quantitative estimate of drug-likeness (QED) is 0.592. The molecule has 0 aromatic heterocycles. The summed E-state index contributed by atoms with van der Waals surface area (Å²) in [5.74, 6) is 0. The maximum atomic E-state index is 8.92. The Morgan fingerprint density at radius 2 is 1.57 bits per heavy atom. The fraction of sp³-hybridized carbons (Fsp3) is 1.00. The van der Waals surface area contributed by atoms with E-state index in [1.165, 1.54) is 0 Å². The van der Waals surface area contributed by atoms with Gasteiger partial charge in [-0.2, -0.15) is 0 Å². The van der Waals surface area contributed by atoms with Gasteiger partial charge in [0.25, 0.3) is 0 Å². The zero-order valence-corrected chi connectivity index (χ0v) is 10.7. The van der Waals surface area contributed by atoms with Crippen molar-refractivity contribution in [2.45, 2.75) is 39.1 Å². The maximum Gasteiger partial charge on any atom is 2.00 e. The fourth-order valence-electron chi connectivity index (χ4n) is 0.704. The largest absolute Gasteiger partial charge is 2.00 e. The first kappa shape index (κ1) is 17.0. The Morgan fingerprint density at radius 3 is 2.00 bits per heavy atom. The van der Waals surface area contributed by atoms with Gasteiger partial charge in [-0.15, -0.1) is 0 Å². The molecule has 0 aromatic rings. The van der Waals surface area contributed by atoms with Crippen LogP contribution in [0.15, 0.2) is 0 Å². The van der Waals surface area contributed by atoms with Gasteiger partial charge in [0.05, 0.1) is 38.1 Å². The van der Waals surface area contributed by atoms with Crippen LogP contribution in [-0.4, -0.2) is 71.4 Å². The summed E-state index contributed by atoms with van der Waals surface area (Å²) in [7, 11) is 0. The van der Waals surface area contributed by atoms with Gasteiger partial charge in [0.1, 0.15) is 0 Å². The van der Waals surface area contributed by atoms with E-state index in [-0.39, 0.29) is 44.7 Å². The van der Waals surface area contributed by atoms with Crippen LogP contribution in [0, 0.1) is 0 Å². The molecule has 0 heterocycles. The van der Waals surface area contributed by atoms with Crippen molar-refractivity contribution in [3.63, 3.8) is 0 Å². The molecule has 0 fully saturated rings. The minimum Gasteiger partial charge on any atom is -1.00 e. The Labute approximate surface area is 105 Å². The molecule has 0 radical (unpaired) electrons. The van der Waals surface area contributed by atoms with Crippen molar-refractivity contribution in [2.24, 2.45) is 0 Å². The molecule has 0 aliphatic heterocycles. The zero-order chi connectivity index (χ0) is 10.3. The monoisotopic (exact) mass is 218 g/mol. The predicted octanol–water partition coefficient (Wildman–Crippen LogP) is 0.0139. The van der Waals surface area contributed by atoms with Crippen LogP contribution in [-0.2, 0) is 9.47 Å². The Hall–Kier alpha value is 0.606. The van der Waals surface area contributed by atoms with Crippen molar-refractivity contribution in [1.29, 1.82) is 0 Å². The first-order valence-electron chi connectivity index (χ1n) is 4.58. The third kappa shape index (κ3) is 10.7. The van der Waals surface area contributed by atoms with E-state index in [2.05, 4.69) is 0 Å². The molecule has 0 aliphatic rings. The number of hydrogen-bond donors (Lipinski definition) is 2. The smallest absolute Gasteiger partial charge is 1.00 e.